The lowest BCUT2D eigenvalue weighted by Gasteiger charge is -2.24. The molecule has 9 heteroatoms. The minimum absolute atomic E-state index is 0.0952. The van der Waals surface area contributed by atoms with Crippen LogP contribution in [-0.2, 0) is 21.4 Å². The molecule has 0 fully saturated rings. The number of carbonyl (C=O) groups excluding carboxylic acids is 1. The monoisotopic (exact) mass is 383 g/mol. The normalized spacial score (nSPS) is 12.8. The first-order valence-corrected chi connectivity index (χ1v) is 9.20. The van der Waals surface area contributed by atoms with Gasteiger partial charge in [0.15, 0.2) is 0 Å². The average molecular weight is 383 g/mol. The molecule has 2 aromatic rings. The molecule has 1 amide bonds. The molecule has 0 spiro atoms. The topological polar surface area (TPSA) is 92.5 Å². The zero-order valence-corrected chi connectivity index (χ0v) is 15.1. The molecule has 0 aromatic heterocycles. The van der Waals surface area contributed by atoms with E-state index in [4.69, 9.17) is 5.14 Å². The smallest absolute Gasteiger partial charge is 0.241 e. The van der Waals surface area contributed by atoms with Gasteiger partial charge in [0.05, 0.1) is 10.9 Å². The molecular weight excluding hydrogens is 364 g/mol. The van der Waals surface area contributed by atoms with Gasteiger partial charge in [-0.05, 0) is 38.2 Å². The van der Waals surface area contributed by atoms with E-state index in [1.165, 1.54) is 30.3 Å². The van der Waals surface area contributed by atoms with Gasteiger partial charge in [0, 0.05) is 23.9 Å². The van der Waals surface area contributed by atoms with Crippen molar-refractivity contribution in [2.24, 2.45) is 5.14 Å². The summed E-state index contributed by atoms with van der Waals surface area (Å²) in [4.78, 5) is 13.8. The molecule has 26 heavy (non-hydrogen) atoms. The minimum Gasteiger partial charge on any atom is -0.325 e. The first-order chi connectivity index (χ1) is 12.1. The predicted octanol–water partition coefficient (Wildman–Crippen LogP) is 2.07. The van der Waals surface area contributed by atoms with Gasteiger partial charge in [0.1, 0.15) is 11.6 Å². The average Bonchev–Trinajstić information content (AvgIpc) is 2.56. The maximum Gasteiger partial charge on any atom is 0.241 e. The number of carbonyl (C=O) groups is 1. The number of halogens is 2. The lowest BCUT2D eigenvalue weighted by Crippen LogP contribution is -2.39. The Balaban J connectivity index is 2.07. The van der Waals surface area contributed by atoms with Gasteiger partial charge in [-0.15, -0.1) is 0 Å². The number of amides is 1. The maximum absolute atomic E-state index is 13.7. The standard InChI is InChI=1S/C17H19F2N3O3S/c1-11(22(2)10-12-6-7-13(18)8-16(12)19)17(23)21-14-4-3-5-15(9-14)26(20,24)25/h3-9,11H,10H2,1-2H3,(H,21,23)(H2,20,24,25). The predicted molar refractivity (Wildman–Crippen MR) is 93.7 cm³/mol. The number of nitrogens with one attached hydrogen (secondary N) is 1. The number of likely N-dealkylation sites (N-methyl/N-ethyl adjacent to an activating group) is 1. The van der Waals surface area contributed by atoms with Crippen LogP contribution >= 0.6 is 0 Å². The van der Waals surface area contributed by atoms with E-state index in [2.05, 4.69) is 5.32 Å². The van der Waals surface area contributed by atoms with E-state index in [0.717, 1.165) is 12.1 Å². The number of sulfonamides is 1. The Morgan fingerprint density at radius 2 is 1.92 bits per heavy atom. The van der Waals surface area contributed by atoms with Crippen LogP contribution in [0.2, 0.25) is 0 Å². The molecule has 0 aliphatic carbocycles. The molecule has 0 bridgehead atoms. The first kappa shape index (κ1) is 20.0. The molecule has 2 rings (SSSR count). The third-order valence-corrected chi connectivity index (χ3v) is 4.82. The second-order valence-electron chi connectivity index (χ2n) is 5.89. The molecule has 0 heterocycles. The fourth-order valence-electron chi connectivity index (χ4n) is 2.25. The summed E-state index contributed by atoms with van der Waals surface area (Å²) in [7, 11) is -2.26. The summed E-state index contributed by atoms with van der Waals surface area (Å²) in [5.74, 6) is -1.78. The third-order valence-electron chi connectivity index (χ3n) is 3.91. The summed E-state index contributed by atoms with van der Waals surface area (Å²) < 4.78 is 49.4. The number of hydrogen-bond acceptors (Lipinski definition) is 4. The molecule has 6 nitrogen and oxygen atoms in total. The number of nitrogens with two attached hydrogens (primary N) is 1. The summed E-state index contributed by atoms with van der Waals surface area (Å²) in [6, 6.07) is 8.15. The van der Waals surface area contributed by atoms with Gasteiger partial charge in [0.2, 0.25) is 15.9 Å². The van der Waals surface area contributed by atoms with Crippen molar-refractivity contribution < 1.29 is 22.0 Å². The Morgan fingerprint density at radius 1 is 1.23 bits per heavy atom. The molecule has 1 atom stereocenters. The fourth-order valence-corrected chi connectivity index (χ4v) is 2.81. The Morgan fingerprint density at radius 3 is 2.54 bits per heavy atom. The largest absolute Gasteiger partial charge is 0.325 e. The van der Waals surface area contributed by atoms with Gasteiger partial charge in [0.25, 0.3) is 0 Å². The van der Waals surface area contributed by atoms with Crippen LogP contribution < -0.4 is 10.5 Å². The first-order valence-electron chi connectivity index (χ1n) is 7.66. The van der Waals surface area contributed by atoms with E-state index in [0.29, 0.717) is 0 Å². The second-order valence-corrected chi connectivity index (χ2v) is 7.45. The van der Waals surface area contributed by atoms with Gasteiger partial charge < -0.3 is 5.32 Å². The van der Waals surface area contributed by atoms with Crippen LogP contribution in [-0.4, -0.2) is 32.3 Å². The number of benzene rings is 2. The SMILES string of the molecule is CC(C(=O)Nc1cccc(S(N)(=O)=O)c1)N(C)Cc1ccc(F)cc1F. The van der Waals surface area contributed by atoms with E-state index in [9.17, 15) is 22.0 Å². The molecule has 1 unspecified atom stereocenters. The van der Waals surface area contributed by atoms with Gasteiger partial charge in [-0.25, -0.2) is 22.3 Å². The Hall–Kier alpha value is -2.36. The fraction of sp³-hybridized carbons (Fsp3) is 0.235. The summed E-state index contributed by atoms with van der Waals surface area (Å²) >= 11 is 0. The van der Waals surface area contributed by atoms with Gasteiger partial charge in [-0.2, -0.15) is 0 Å². The lowest BCUT2D eigenvalue weighted by molar-refractivity contribution is -0.120. The zero-order chi connectivity index (χ0) is 19.5. The summed E-state index contributed by atoms with van der Waals surface area (Å²) in [6.45, 7) is 1.71. The van der Waals surface area contributed by atoms with E-state index < -0.39 is 33.6 Å². The number of nitrogens with zero attached hydrogens (tertiary/aromatic N) is 1. The van der Waals surface area contributed by atoms with E-state index in [1.807, 2.05) is 0 Å². The van der Waals surface area contributed by atoms with E-state index in [-0.39, 0.29) is 22.7 Å². The molecule has 140 valence electrons. The van der Waals surface area contributed by atoms with Crippen LogP contribution in [0.15, 0.2) is 47.4 Å². The van der Waals surface area contributed by atoms with Crippen molar-refractivity contribution in [3.8, 4) is 0 Å². The minimum atomic E-state index is -3.88. The van der Waals surface area contributed by atoms with Crippen LogP contribution in [0.1, 0.15) is 12.5 Å². The molecule has 2 aromatic carbocycles. The van der Waals surface area contributed by atoms with Crippen molar-refractivity contribution in [3.05, 3.63) is 59.7 Å². The molecule has 3 N–H and O–H groups in total. The Bertz CT molecular complexity index is 919. The molecule has 0 saturated carbocycles. The summed E-state index contributed by atoms with van der Waals surface area (Å²) in [6.07, 6.45) is 0. The highest BCUT2D eigenvalue weighted by Gasteiger charge is 2.20. The van der Waals surface area contributed by atoms with E-state index in [1.54, 1.807) is 18.9 Å². The van der Waals surface area contributed by atoms with E-state index >= 15 is 0 Å². The van der Waals surface area contributed by atoms with Crippen molar-refractivity contribution in [1.29, 1.82) is 0 Å². The lowest BCUT2D eigenvalue weighted by atomic mass is 10.1. The van der Waals surface area contributed by atoms with Crippen molar-refractivity contribution in [1.82, 2.24) is 4.90 Å². The quantitative estimate of drug-likeness (QED) is 0.799. The number of rotatable bonds is 6. The number of anilines is 1. The summed E-state index contributed by atoms with van der Waals surface area (Å²) in [5.41, 5.74) is 0.527. The van der Waals surface area contributed by atoms with Crippen LogP contribution in [0.3, 0.4) is 0 Å². The highest BCUT2D eigenvalue weighted by atomic mass is 32.2. The van der Waals surface area contributed by atoms with Gasteiger partial charge >= 0.3 is 0 Å². The third kappa shape index (κ3) is 5.07. The van der Waals surface area contributed by atoms with Crippen LogP contribution in [0, 0.1) is 11.6 Å². The van der Waals surface area contributed by atoms with Crippen LogP contribution in [0.4, 0.5) is 14.5 Å². The molecule has 0 aliphatic rings. The second kappa shape index (κ2) is 7.90. The highest BCUT2D eigenvalue weighted by molar-refractivity contribution is 7.89. The van der Waals surface area contributed by atoms with Crippen LogP contribution in [0.25, 0.3) is 0 Å². The van der Waals surface area contributed by atoms with Crippen molar-refractivity contribution in [3.63, 3.8) is 0 Å². The molecule has 0 aliphatic heterocycles. The summed E-state index contributed by atoms with van der Waals surface area (Å²) in [5, 5.41) is 7.65. The molecule has 0 saturated heterocycles. The van der Waals surface area contributed by atoms with Crippen molar-refractivity contribution in [2.45, 2.75) is 24.4 Å². The van der Waals surface area contributed by atoms with Gasteiger partial charge in [-0.1, -0.05) is 12.1 Å². The number of hydrogen-bond donors (Lipinski definition) is 2. The zero-order valence-electron chi connectivity index (χ0n) is 14.2. The Kier molecular flexibility index (Phi) is 6.06. The Labute approximate surface area is 150 Å². The van der Waals surface area contributed by atoms with Crippen molar-refractivity contribution >= 4 is 21.6 Å². The van der Waals surface area contributed by atoms with Crippen molar-refractivity contribution in [2.75, 3.05) is 12.4 Å². The molecule has 0 radical (unpaired) electrons. The molecular formula is C17H19F2N3O3S. The van der Waals surface area contributed by atoms with Gasteiger partial charge in [-0.3, -0.25) is 9.69 Å². The highest BCUT2D eigenvalue weighted by Crippen LogP contribution is 2.16. The number of primary sulfonamides is 1. The van der Waals surface area contributed by atoms with Crippen LogP contribution in [0.5, 0.6) is 0 Å². The maximum atomic E-state index is 13.7.